The zero-order valence-electron chi connectivity index (χ0n) is 15.8. The van der Waals surface area contributed by atoms with Gasteiger partial charge in [-0.2, -0.15) is 0 Å². The number of amides is 3. The van der Waals surface area contributed by atoms with E-state index in [1.807, 2.05) is 42.5 Å². The Bertz CT molecular complexity index is 1020. The molecule has 7 heteroatoms. The summed E-state index contributed by atoms with van der Waals surface area (Å²) in [6.07, 6.45) is -1.21. The van der Waals surface area contributed by atoms with Gasteiger partial charge in [-0.05, 0) is 22.9 Å². The Balaban J connectivity index is 1.67. The lowest BCUT2D eigenvalue weighted by molar-refractivity contribution is -0.153. The van der Waals surface area contributed by atoms with Crippen LogP contribution in [0.25, 0.3) is 10.8 Å². The maximum atomic E-state index is 12.4. The largest absolute Gasteiger partial charge is 0.447 e. The van der Waals surface area contributed by atoms with Gasteiger partial charge in [0.05, 0.1) is 5.75 Å². The third kappa shape index (κ3) is 5.58. The minimum absolute atomic E-state index is 0.0366. The molecule has 3 aromatic carbocycles. The average Bonchev–Trinajstić information content (AvgIpc) is 2.76. The molecule has 1 atom stereocenters. The Morgan fingerprint density at radius 2 is 1.62 bits per heavy atom. The number of thioether (sulfide) groups is 1. The number of imide groups is 1. The van der Waals surface area contributed by atoms with Crippen molar-refractivity contribution in [3.63, 3.8) is 0 Å². The predicted molar refractivity (Wildman–Crippen MR) is 113 cm³/mol. The summed E-state index contributed by atoms with van der Waals surface area (Å²) in [5.41, 5.74) is 0.484. The van der Waals surface area contributed by atoms with E-state index in [-0.39, 0.29) is 5.75 Å². The quantitative estimate of drug-likeness (QED) is 0.480. The van der Waals surface area contributed by atoms with Crippen molar-refractivity contribution in [2.75, 3.05) is 12.8 Å². The van der Waals surface area contributed by atoms with Crippen LogP contribution < -0.4 is 10.6 Å². The lowest BCUT2D eigenvalue weighted by atomic mass is 10.1. The fourth-order valence-electron chi connectivity index (χ4n) is 2.71. The van der Waals surface area contributed by atoms with E-state index in [4.69, 9.17) is 4.74 Å². The first-order valence-electron chi connectivity index (χ1n) is 8.95. The van der Waals surface area contributed by atoms with Gasteiger partial charge in [0.2, 0.25) is 6.10 Å². The van der Waals surface area contributed by atoms with Gasteiger partial charge in [-0.1, -0.05) is 60.7 Å². The molecule has 3 rings (SSSR count). The molecule has 29 heavy (non-hydrogen) atoms. The molecule has 0 aliphatic heterocycles. The number of carbonyl (C=O) groups excluding carboxylic acids is 3. The number of benzene rings is 3. The van der Waals surface area contributed by atoms with Gasteiger partial charge in [-0.15, -0.1) is 11.8 Å². The first-order chi connectivity index (χ1) is 14.1. The molecule has 0 spiro atoms. The average molecular weight is 408 g/mol. The van der Waals surface area contributed by atoms with Crippen LogP contribution >= 0.6 is 11.8 Å². The minimum Gasteiger partial charge on any atom is -0.447 e. The van der Waals surface area contributed by atoms with Gasteiger partial charge >= 0.3 is 12.0 Å². The van der Waals surface area contributed by atoms with Crippen LogP contribution in [0.3, 0.4) is 0 Å². The molecular formula is C22H20N2O4S. The smallest absolute Gasteiger partial charge is 0.321 e. The van der Waals surface area contributed by atoms with Crippen LogP contribution in [0.1, 0.15) is 11.7 Å². The number of hydrogen-bond donors (Lipinski definition) is 2. The summed E-state index contributed by atoms with van der Waals surface area (Å²) in [5.74, 6) is -1.22. The molecule has 0 aliphatic rings. The van der Waals surface area contributed by atoms with Crippen LogP contribution in [-0.2, 0) is 14.3 Å². The number of rotatable bonds is 6. The van der Waals surface area contributed by atoms with Crippen molar-refractivity contribution >= 4 is 40.4 Å². The zero-order valence-corrected chi connectivity index (χ0v) is 16.6. The van der Waals surface area contributed by atoms with Crippen molar-refractivity contribution in [1.29, 1.82) is 0 Å². The van der Waals surface area contributed by atoms with Gasteiger partial charge in [0, 0.05) is 17.5 Å². The van der Waals surface area contributed by atoms with E-state index >= 15 is 0 Å². The highest BCUT2D eigenvalue weighted by Crippen LogP contribution is 2.25. The highest BCUT2D eigenvalue weighted by atomic mass is 32.2. The first-order valence-corrected chi connectivity index (χ1v) is 9.94. The number of carbonyl (C=O) groups is 3. The van der Waals surface area contributed by atoms with Gasteiger partial charge < -0.3 is 10.1 Å². The Morgan fingerprint density at radius 1 is 0.931 bits per heavy atom. The van der Waals surface area contributed by atoms with E-state index in [9.17, 15) is 14.4 Å². The second kappa shape index (κ2) is 9.75. The van der Waals surface area contributed by atoms with Crippen LogP contribution in [0, 0.1) is 0 Å². The number of hydrogen-bond acceptors (Lipinski definition) is 5. The summed E-state index contributed by atoms with van der Waals surface area (Å²) in [7, 11) is 1.40. The predicted octanol–water partition coefficient (Wildman–Crippen LogP) is 3.67. The zero-order chi connectivity index (χ0) is 20.6. The van der Waals surface area contributed by atoms with Gasteiger partial charge in [-0.3, -0.25) is 14.9 Å². The van der Waals surface area contributed by atoms with Crippen LogP contribution in [0.4, 0.5) is 4.79 Å². The second-order valence-corrected chi connectivity index (χ2v) is 7.20. The lowest BCUT2D eigenvalue weighted by Crippen LogP contribution is -2.41. The van der Waals surface area contributed by atoms with E-state index in [1.165, 1.54) is 18.8 Å². The molecule has 0 saturated carbocycles. The molecule has 2 N–H and O–H groups in total. The normalized spacial score (nSPS) is 11.5. The second-order valence-electron chi connectivity index (χ2n) is 6.15. The van der Waals surface area contributed by atoms with Crippen molar-refractivity contribution in [3.8, 4) is 0 Å². The summed E-state index contributed by atoms with van der Waals surface area (Å²) >= 11 is 1.33. The van der Waals surface area contributed by atoms with E-state index in [0.717, 1.165) is 15.7 Å². The minimum atomic E-state index is -1.21. The van der Waals surface area contributed by atoms with E-state index in [2.05, 4.69) is 10.6 Å². The Hall–Kier alpha value is -3.32. The number of esters is 1. The fraction of sp³-hybridized carbons (Fsp3) is 0.136. The Labute approximate surface area is 172 Å². The van der Waals surface area contributed by atoms with Crippen molar-refractivity contribution in [1.82, 2.24) is 10.6 Å². The molecule has 148 valence electrons. The van der Waals surface area contributed by atoms with Crippen molar-refractivity contribution < 1.29 is 19.1 Å². The lowest BCUT2D eigenvalue weighted by Gasteiger charge is -2.17. The molecule has 0 unspecified atom stereocenters. The van der Waals surface area contributed by atoms with Crippen LogP contribution in [0.2, 0.25) is 0 Å². The summed E-state index contributed by atoms with van der Waals surface area (Å²) in [5, 5.41) is 6.66. The molecule has 3 amide bonds. The molecule has 0 aromatic heterocycles. The number of urea groups is 1. The van der Waals surface area contributed by atoms with Crippen molar-refractivity contribution in [3.05, 3.63) is 78.4 Å². The van der Waals surface area contributed by atoms with E-state index < -0.39 is 24.0 Å². The molecule has 0 bridgehead atoms. The first kappa shape index (κ1) is 20.4. The Morgan fingerprint density at radius 3 is 2.34 bits per heavy atom. The third-order valence-electron chi connectivity index (χ3n) is 4.13. The van der Waals surface area contributed by atoms with Crippen molar-refractivity contribution in [2.45, 2.75) is 11.0 Å². The molecule has 0 radical (unpaired) electrons. The number of nitrogens with one attached hydrogen (secondary N) is 2. The molecule has 6 nitrogen and oxygen atoms in total. The maximum absolute atomic E-state index is 12.4. The SMILES string of the molecule is CNC(=O)NC(=O)[C@H](OC(=O)CSc1ccc2ccccc2c1)c1ccccc1. The van der Waals surface area contributed by atoms with E-state index in [0.29, 0.717) is 5.56 Å². The molecule has 0 heterocycles. The standard InChI is InChI=1S/C22H20N2O4S/c1-23-22(27)24-21(26)20(16-8-3-2-4-9-16)28-19(25)14-29-18-12-11-15-7-5-6-10-17(15)13-18/h2-13,20H,14H2,1H3,(H2,23,24,26,27)/t20-/m1/s1. The van der Waals surface area contributed by atoms with Gasteiger partial charge in [0.15, 0.2) is 0 Å². The topological polar surface area (TPSA) is 84.5 Å². The molecule has 3 aromatic rings. The van der Waals surface area contributed by atoms with Crippen LogP contribution in [0.5, 0.6) is 0 Å². The highest BCUT2D eigenvalue weighted by Gasteiger charge is 2.26. The summed E-state index contributed by atoms with van der Waals surface area (Å²) in [6, 6.07) is 21.8. The summed E-state index contributed by atoms with van der Waals surface area (Å²) in [6.45, 7) is 0. The monoisotopic (exact) mass is 408 g/mol. The molecule has 0 saturated heterocycles. The van der Waals surface area contributed by atoms with Crippen LogP contribution in [-0.4, -0.2) is 30.7 Å². The summed E-state index contributed by atoms with van der Waals surface area (Å²) in [4.78, 5) is 37.2. The highest BCUT2D eigenvalue weighted by molar-refractivity contribution is 8.00. The summed E-state index contributed by atoms with van der Waals surface area (Å²) < 4.78 is 5.40. The van der Waals surface area contributed by atoms with Crippen LogP contribution in [0.15, 0.2) is 77.7 Å². The number of ether oxygens (including phenoxy) is 1. The fourth-order valence-corrected chi connectivity index (χ4v) is 3.43. The van der Waals surface area contributed by atoms with Gasteiger partial charge in [0.25, 0.3) is 5.91 Å². The number of fused-ring (bicyclic) bond motifs is 1. The third-order valence-corrected chi connectivity index (χ3v) is 5.10. The molecule has 0 aliphatic carbocycles. The molecular weight excluding hydrogens is 388 g/mol. The maximum Gasteiger partial charge on any atom is 0.321 e. The Kier molecular flexibility index (Phi) is 6.86. The van der Waals surface area contributed by atoms with Gasteiger partial charge in [0.1, 0.15) is 0 Å². The van der Waals surface area contributed by atoms with E-state index in [1.54, 1.807) is 30.3 Å². The van der Waals surface area contributed by atoms with Gasteiger partial charge in [-0.25, -0.2) is 4.79 Å². The molecule has 0 fully saturated rings. The van der Waals surface area contributed by atoms with Crippen molar-refractivity contribution in [2.24, 2.45) is 0 Å².